The second-order valence-corrected chi connectivity index (χ2v) is 8.83. The number of aliphatic hydroxyl groups excluding tert-OH is 1. The third kappa shape index (κ3) is 8.31. The van der Waals surface area contributed by atoms with E-state index in [0.29, 0.717) is 54.2 Å². The van der Waals surface area contributed by atoms with Gasteiger partial charge in [0.2, 0.25) is 0 Å². The number of aliphatic carboxylic acids is 1. The smallest absolute Gasteiger partial charge is 1.00 e. The maximum Gasteiger partial charge on any atom is 1.00 e. The summed E-state index contributed by atoms with van der Waals surface area (Å²) in [6.07, 6.45) is 0.895. The zero-order valence-corrected chi connectivity index (χ0v) is 22.8. The van der Waals surface area contributed by atoms with E-state index in [1.165, 1.54) is 6.92 Å². The Balaban J connectivity index is 0.00000578. The van der Waals surface area contributed by atoms with E-state index < -0.39 is 17.5 Å². The Bertz CT molecular complexity index is 978. The number of carboxylic acid groups (broad SMARTS) is 1. The van der Waals surface area contributed by atoms with Crippen molar-refractivity contribution < 1.29 is 65.4 Å². The minimum Gasteiger partial charge on any atom is -1.00 e. The molecule has 0 amide bonds. The molecule has 2 rings (SSSR count). The Kier molecular flexibility index (Phi) is 12.1. The number of carbonyl (C=O) groups is 2. The molecule has 7 nitrogen and oxygen atoms in total. The molecular weight excluding hydrogens is 447 g/mol. The zero-order valence-electron chi connectivity index (χ0n) is 21.8. The van der Waals surface area contributed by atoms with Crippen LogP contribution in [0, 0.1) is 5.41 Å². The van der Waals surface area contributed by atoms with Gasteiger partial charge < -0.3 is 26.2 Å². The molecule has 0 aliphatic heterocycles. The molecule has 182 valence electrons. The van der Waals surface area contributed by atoms with Crippen molar-refractivity contribution in [3.05, 3.63) is 53.1 Å². The summed E-state index contributed by atoms with van der Waals surface area (Å²) >= 11 is 0. The van der Waals surface area contributed by atoms with Crippen LogP contribution in [-0.4, -0.2) is 40.3 Å². The van der Waals surface area contributed by atoms with Crippen LogP contribution < -0.4 is 39.0 Å². The van der Waals surface area contributed by atoms with Gasteiger partial charge in [-0.05, 0) is 43.2 Å². The molecule has 0 bridgehead atoms. The number of benzene rings is 2. The molecule has 8 heteroatoms. The molecule has 34 heavy (non-hydrogen) atoms. The molecule has 2 aromatic carbocycles. The van der Waals surface area contributed by atoms with E-state index >= 15 is 0 Å². The van der Waals surface area contributed by atoms with E-state index in [0.717, 1.165) is 6.42 Å². The van der Waals surface area contributed by atoms with Crippen LogP contribution in [0.5, 0.6) is 17.2 Å². The minimum absolute atomic E-state index is 0. The van der Waals surface area contributed by atoms with Gasteiger partial charge in [-0.15, -0.1) is 0 Å². The van der Waals surface area contributed by atoms with Crippen molar-refractivity contribution in [1.82, 2.24) is 0 Å². The first kappa shape index (κ1) is 30.0. The third-order valence-electron chi connectivity index (χ3n) is 5.45. The fraction of sp³-hybridized carbons (Fsp3) is 0.462. The molecule has 2 aromatic rings. The van der Waals surface area contributed by atoms with Gasteiger partial charge in [0, 0.05) is 17.4 Å². The van der Waals surface area contributed by atoms with Crippen LogP contribution in [0.2, 0.25) is 0 Å². The molecule has 0 aliphatic rings. The predicted molar refractivity (Wildman–Crippen MR) is 126 cm³/mol. The zero-order chi connectivity index (χ0) is 24.6. The fourth-order valence-corrected chi connectivity index (χ4v) is 3.67. The van der Waals surface area contributed by atoms with Gasteiger partial charge in [-0.3, -0.25) is 9.59 Å². The van der Waals surface area contributed by atoms with Crippen LogP contribution >= 0.6 is 0 Å². The molecule has 0 aliphatic carbocycles. The van der Waals surface area contributed by atoms with Crippen molar-refractivity contribution in [2.24, 2.45) is 5.41 Å². The van der Waals surface area contributed by atoms with Crippen LogP contribution in [0.25, 0.3) is 0 Å². The number of hydrogen-bond donors (Lipinski definition) is 3. The maximum atomic E-state index is 11.7. The normalized spacial score (nSPS) is 11.9. The Hall–Kier alpha value is -2.06. The summed E-state index contributed by atoms with van der Waals surface area (Å²) in [5.41, 5.74) is 0.706. The molecule has 1 unspecified atom stereocenters. The molecule has 0 fully saturated rings. The van der Waals surface area contributed by atoms with E-state index in [9.17, 15) is 19.8 Å². The summed E-state index contributed by atoms with van der Waals surface area (Å²) in [5, 5.41) is 30.1. The number of phenolic OH excluding ortho intramolecular Hbond substituents is 1. The van der Waals surface area contributed by atoms with Crippen molar-refractivity contribution in [2.75, 3.05) is 13.2 Å². The van der Waals surface area contributed by atoms with Crippen molar-refractivity contribution in [1.29, 1.82) is 0 Å². The molecule has 0 heterocycles. The molecule has 3 N–H and O–H groups in total. The molecule has 0 spiro atoms. The molecular formula is C26H35NaO7. The Morgan fingerprint density at radius 1 is 1.12 bits per heavy atom. The summed E-state index contributed by atoms with van der Waals surface area (Å²) in [6.45, 7) is 7.58. The molecule has 0 aromatic heterocycles. The molecule has 0 radical (unpaired) electrons. The largest absolute Gasteiger partial charge is 1.00 e. The number of Topliss-reactive ketones (excluding diaryl/α,β-unsaturated/α-hetero) is 1. The maximum absolute atomic E-state index is 11.7. The van der Waals surface area contributed by atoms with Gasteiger partial charge in [-0.2, -0.15) is 0 Å². The van der Waals surface area contributed by atoms with E-state index in [4.69, 9.17) is 14.6 Å². The number of hydrogen-bond acceptors (Lipinski definition) is 6. The Morgan fingerprint density at radius 2 is 1.79 bits per heavy atom. The van der Waals surface area contributed by atoms with E-state index in [1.807, 2.05) is 6.92 Å². The van der Waals surface area contributed by atoms with Gasteiger partial charge >= 0.3 is 35.5 Å². The van der Waals surface area contributed by atoms with Gasteiger partial charge in [0.15, 0.2) is 5.78 Å². The van der Waals surface area contributed by atoms with Crippen LogP contribution in [-0.2, 0) is 11.2 Å². The van der Waals surface area contributed by atoms with Crippen LogP contribution in [0.15, 0.2) is 36.4 Å². The van der Waals surface area contributed by atoms with Crippen molar-refractivity contribution in [3.63, 3.8) is 0 Å². The van der Waals surface area contributed by atoms with Crippen LogP contribution in [0.3, 0.4) is 0 Å². The van der Waals surface area contributed by atoms with E-state index in [1.54, 1.807) is 50.2 Å². The van der Waals surface area contributed by atoms with Gasteiger partial charge in [-0.1, -0.05) is 39.3 Å². The average molecular weight is 483 g/mol. The van der Waals surface area contributed by atoms with E-state index in [2.05, 4.69) is 0 Å². The van der Waals surface area contributed by atoms with Crippen LogP contribution in [0.1, 0.15) is 76.0 Å². The van der Waals surface area contributed by atoms with Gasteiger partial charge in [0.1, 0.15) is 17.2 Å². The number of carboxylic acids is 1. The number of aromatic hydroxyl groups is 1. The summed E-state index contributed by atoms with van der Waals surface area (Å²) in [5.74, 6) is -0.0291. The molecule has 0 saturated heterocycles. The number of carbonyl (C=O) groups excluding carboxylic acids is 1. The summed E-state index contributed by atoms with van der Waals surface area (Å²) in [7, 11) is 0. The summed E-state index contributed by atoms with van der Waals surface area (Å²) < 4.78 is 11.6. The van der Waals surface area contributed by atoms with Crippen molar-refractivity contribution in [3.8, 4) is 17.2 Å². The monoisotopic (exact) mass is 482 g/mol. The first-order valence-corrected chi connectivity index (χ1v) is 11.2. The first-order chi connectivity index (χ1) is 15.6. The van der Waals surface area contributed by atoms with Gasteiger partial charge in [-0.25, -0.2) is 0 Å². The third-order valence-corrected chi connectivity index (χ3v) is 5.45. The van der Waals surface area contributed by atoms with E-state index in [-0.39, 0.29) is 48.9 Å². The SMILES string of the molecule is CCCc1c(OCCCOc2cccc(C(O)C(C)(C)CC(=O)O)c2)ccc(C(C)=O)c1O.[H-].[Na+]. The standard InChI is InChI=1S/C26H34O7.Na.H/c1-5-8-21-22(12-11-20(17(2)27)24(21)30)33-14-7-13-32-19-10-6-9-18(15-19)25(31)26(3,4)16-23(28)29;;/h6,9-12,15,25,30-31H,5,7-8,13-14,16H2,1-4H3,(H,28,29);;/q;+1;-1. The quantitative estimate of drug-likeness (QED) is 0.228. The topological polar surface area (TPSA) is 113 Å². The second-order valence-electron chi connectivity index (χ2n) is 8.83. The Labute approximate surface area is 224 Å². The molecule has 0 saturated carbocycles. The summed E-state index contributed by atoms with van der Waals surface area (Å²) in [4.78, 5) is 22.7. The second kappa shape index (κ2) is 13.7. The van der Waals surface area contributed by atoms with Gasteiger partial charge in [0.05, 0.1) is 31.3 Å². The van der Waals surface area contributed by atoms with Crippen molar-refractivity contribution in [2.45, 2.75) is 59.5 Å². The number of phenols is 1. The number of ketones is 1. The number of aliphatic hydroxyl groups is 1. The first-order valence-electron chi connectivity index (χ1n) is 11.2. The predicted octanol–water partition coefficient (Wildman–Crippen LogP) is 2.05. The number of rotatable bonds is 13. The van der Waals surface area contributed by atoms with Crippen molar-refractivity contribution >= 4 is 11.8 Å². The Morgan fingerprint density at radius 3 is 2.41 bits per heavy atom. The average Bonchev–Trinajstić information content (AvgIpc) is 2.74. The molecule has 1 atom stereocenters. The fourth-order valence-electron chi connectivity index (χ4n) is 3.67. The minimum atomic E-state index is -0.960. The summed E-state index contributed by atoms with van der Waals surface area (Å²) in [6, 6.07) is 10.3. The van der Waals surface area contributed by atoms with Gasteiger partial charge in [0.25, 0.3) is 0 Å². The van der Waals surface area contributed by atoms with Crippen LogP contribution in [0.4, 0.5) is 0 Å². The number of ether oxygens (including phenoxy) is 2.